The quantitative estimate of drug-likeness (QED) is 0.254. The van der Waals surface area contributed by atoms with E-state index < -0.39 is 0 Å². The Labute approximate surface area is 39.9 Å². The minimum absolute atomic E-state index is 0.681. The van der Waals surface area contributed by atoms with Crippen molar-refractivity contribution in [2.45, 2.75) is 6.92 Å². The molecule has 2 nitrogen and oxygen atoms in total. The lowest BCUT2D eigenvalue weighted by Crippen LogP contribution is -1.88. The summed E-state index contributed by atoms with van der Waals surface area (Å²) in [4.78, 5) is 0. The first-order valence-electron chi connectivity index (χ1n) is 1.59. The highest BCUT2D eigenvalue weighted by atomic mass is 31.0. The number of methoxy groups -OCH3 is 1. The predicted octanol–water partition coefficient (Wildman–Crippen LogP) is 0.841. The largest absolute Gasteiger partial charge is 0.484 e. The molecule has 0 bridgehead atoms. The fourth-order valence-electron chi connectivity index (χ4n) is 0.0527. The second-order valence-corrected chi connectivity index (χ2v) is 1.11. The summed E-state index contributed by atoms with van der Waals surface area (Å²) in [6, 6.07) is 0. The van der Waals surface area contributed by atoms with Crippen molar-refractivity contribution in [2.24, 2.45) is 4.76 Å². The van der Waals surface area contributed by atoms with Gasteiger partial charge in [-0.3, -0.25) is 0 Å². The summed E-state index contributed by atoms with van der Waals surface area (Å²) in [6.07, 6.45) is 0. The summed E-state index contributed by atoms with van der Waals surface area (Å²) >= 11 is 0. The Hall–Kier alpha value is -0.100. The van der Waals surface area contributed by atoms with Crippen LogP contribution in [0.5, 0.6) is 0 Å². The molecule has 0 aliphatic carbocycles. The van der Waals surface area contributed by atoms with E-state index in [9.17, 15) is 0 Å². The highest BCUT2D eigenvalue weighted by molar-refractivity contribution is 7.15. The number of nitrogens with zero attached hydrogens (tertiary/aromatic N) is 1. The molecular formula is C3H8NOP. The van der Waals surface area contributed by atoms with Gasteiger partial charge in [0.15, 0.2) is 5.90 Å². The summed E-state index contributed by atoms with van der Waals surface area (Å²) in [5.74, 6) is 0.681. The lowest BCUT2D eigenvalue weighted by molar-refractivity contribution is 0.401. The fraction of sp³-hybridized carbons (Fsp3) is 0.667. The predicted molar refractivity (Wildman–Crippen MR) is 29.8 cm³/mol. The summed E-state index contributed by atoms with van der Waals surface area (Å²) in [5, 5.41) is 0. The van der Waals surface area contributed by atoms with E-state index >= 15 is 0 Å². The van der Waals surface area contributed by atoms with E-state index in [1.165, 1.54) is 0 Å². The molecule has 0 rings (SSSR count). The van der Waals surface area contributed by atoms with Crippen LogP contribution in [-0.4, -0.2) is 13.0 Å². The lowest BCUT2D eigenvalue weighted by atomic mass is 10.8. The van der Waals surface area contributed by atoms with Gasteiger partial charge in [0.1, 0.15) is 0 Å². The van der Waals surface area contributed by atoms with E-state index in [-0.39, 0.29) is 0 Å². The van der Waals surface area contributed by atoms with Crippen LogP contribution < -0.4 is 0 Å². The molecule has 0 saturated carbocycles. The average molecular weight is 105 g/mol. The molecule has 0 heterocycles. The summed E-state index contributed by atoms with van der Waals surface area (Å²) in [5.41, 5.74) is 0. The van der Waals surface area contributed by atoms with Crippen LogP contribution >= 0.6 is 9.39 Å². The van der Waals surface area contributed by atoms with Crippen LogP contribution in [0, 0.1) is 0 Å². The molecular weight excluding hydrogens is 97.0 g/mol. The lowest BCUT2D eigenvalue weighted by Gasteiger charge is -1.89. The zero-order valence-corrected chi connectivity index (χ0v) is 5.09. The number of ether oxygens (including phenoxy) is 1. The van der Waals surface area contributed by atoms with Crippen molar-refractivity contribution in [3.05, 3.63) is 0 Å². The maximum absolute atomic E-state index is 4.63. The molecule has 6 heavy (non-hydrogen) atoms. The monoisotopic (exact) mass is 105 g/mol. The van der Waals surface area contributed by atoms with E-state index in [1.807, 2.05) is 0 Å². The van der Waals surface area contributed by atoms with Crippen molar-refractivity contribution in [1.82, 2.24) is 0 Å². The summed E-state index contributed by atoms with van der Waals surface area (Å²) in [6.45, 7) is 1.78. The van der Waals surface area contributed by atoms with Crippen molar-refractivity contribution in [3.63, 3.8) is 0 Å². The molecule has 0 fully saturated rings. The van der Waals surface area contributed by atoms with E-state index in [1.54, 1.807) is 14.0 Å². The molecule has 1 atom stereocenters. The average Bonchev–Trinajstić information content (AvgIpc) is 1.65. The van der Waals surface area contributed by atoms with Crippen molar-refractivity contribution in [2.75, 3.05) is 7.11 Å². The summed E-state index contributed by atoms with van der Waals surface area (Å²) in [7, 11) is 3.79. The van der Waals surface area contributed by atoms with Gasteiger partial charge >= 0.3 is 0 Å². The van der Waals surface area contributed by atoms with E-state index in [2.05, 4.69) is 18.9 Å². The van der Waals surface area contributed by atoms with Crippen LogP contribution in [0.25, 0.3) is 0 Å². The maximum Gasteiger partial charge on any atom is 0.182 e. The molecule has 0 aromatic heterocycles. The molecule has 0 radical (unpaired) electrons. The number of hydrogen-bond acceptors (Lipinski definition) is 2. The molecule has 0 saturated heterocycles. The van der Waals surface area contributed by atoms with Crippen molar-refractivity contribution in [1.29, 1.82) is 0 Å². The molecule has 0 aromatic rings. The SMILES string of the molecule is COC(C)=NP. The van der Waals surface area contributed by atoms with Gasteiger partial charge in [-0.15, -0.1) is 0 Å². The Morgan fingerprint density at radius 1 is 1.83 bits per heavy atom. The van der Waals surface area contributed by atoms with Crippen LogP contribution in [0.4, 0.5) is 0 Å². The first-order chi connectivity index (χ1) is 2.81. The van der Waals surface area contributed by atoms with Gasteiger partial charge in [0.25, 0.3) is 0 Å². The van der Waals surface area contributed by atoms with Crippen LogP contribution in [0.1, 0.15) is 6.92 Å². The molecule has 0 aliphatic heterocycles. The van der Waals surface area contributed by atoms with Gasteiger partial charge in [0.2, 0.25) is 0 Å². The standard InChI is InChI=1S/C3H8NOP/c1-3(4-6)5-2/h6H2,1-2H3. The van der Waals surface area contributed by atoms with Crippen LogP contribution in [0.2, 0.25) is 0 Å². The first-order valence-corrected chi connectivity index (χ1v) is 2.11. The van der Waals surface area contributed by atoms with Gasteiger partial charge in [-0.05, 0) is 9.39 Å². The molecule has 0 aliphatic rings. The minimum Gasteiger partial charge on any atom is -0.484 e. The van der Waals surface area contributed by atoms with Gasteiger partial charge in [0.05, 0.1) is 7.11 Å². The number of hydrogen-bond donors (Lipinski definition) is 0. The third-order valence-corrected chi connectivity index (χ3v) is 0.841. The molecule has 0 N–H and O–H groups in total. The summed E-state index contributed by atoms with van der Waals surface area (Å²) < 4.78 is 8.25. The van der Waals surface area contributed by atoms with Gasteiger partial charge in [-0.1, -0.05) is 0 Å². The Morgan fingerprint density at radius 3 is 2.33 bits per heavy atom. The molecule has 0 spiro atoms. The second-order valence-electron chi connectivity index (χ2n) is 0.852. The van der Waals surface area contributed by atoms with Crippen molar-refractivity contribution < 1.29 is 4.74 Å². The topological polar surface area (TPSA) is 21.6 Å². The highest BCUT2D eigenvalue weighted by Gasteiger charge is 1.74. The zero-order chi connectivity index (χ0) is 4.99. The third kappa shape index (κ3) is 2.16. The van der Waals surface area contributed by atoms with Gasteiger partial charge in [0, 0.05) is 6.92 Å². The van der Waals surface area contributed by atoms with Gasteiger partial charge in [-0.25, -0.2) is 4.76 Å². The Kier molecular flexibility index (Phi) is 3.05. The van der Waals surface area contributed by atoms with Crippen molar-refractivity contribution >= 4 is 15.3 Å². The Morgan fingerprint density at radius 2 is 2.33 bits per heavy atom. The Bertz CT molecular complexity index is 61.8. The van der Waals surface area contributed by atoms with Crippen LogP contribution in [-0.2, 0) is 4.74 Å². The molecule has 0 amide bonds. The highest BCUT2D eigenvalue weighted by Crippen LogP contribution is 1.83. The molecule has 3 heteroatoms. The molecule has 1 unspecified atom stereocenters. The normalized spacial score (nSPS) is 11.5. The zero-order valence-electron chi connectivity index (χ0n) is 3.93. The maximum atomic E-state index is 4.63. The molecule has 36 valence electrons. The van der Waals surface area contributed by atoms with E-state index in [0.717, 1.165) is 0 Å². The fourth-order valence-corrected chi connectivity index (χ4v) is 0.158. The van der Waals surface area contributed by atoms with Crippen molar-refractivity contribution in [3.8, 4) is 0 Å². The smallest absolute Gasteiger partial charge is 0.182 e. The van der Waals surface area contributed by atoms with Crippen LogP contribution in [0.3, 0.4) is 0 Å². The number of rotatable bonds is 0. The van der Waals surface area contributed by atoms with Gasteiger partial charge in [-0.2, -0.15) is 0 Å². The van der Waals surface area contributed by atoms with E-state index in [0.29, 0.717) is 5.90 Å². The van der Waals surface area contributed by atoms with E-state index in [4.69, 9.17) is 0 Å². The second kappa shape index (κ2) is 3.10. The van der Waals surface area contributed by atoms with Crippen LogP contribution in [0.15, 0.2) is 4.76 Å². The van der Waals surface area contributed by atoms with Gasteiger partial charge < -0.3 is 4.74 Å². The third-order valence-electron chi connectivity index (χ3n) is 0.477. The minimum atomic E-state index is 0.681. The molecule has 0 aromatic carbocycles. The first kappa shape index (κ1) is 5.90. The Balaban J connectivity index is 3.22.